The molecule has 39 heavy (non-hydrogen) atoms. The van der Waals surface area contributed by atoms with Crippen molar-refractivity contribution in [2.45, 2.75) is 7.25 Å². The maximum Gasteiger partial charge on any atom is -1.00 e. The summed E-state index contributed by atoms with van der Waals surface area (Å²) in [6, 6.07) is 38.8. The van der Waals surface area contributed by atoms with Crippen LogP contribution in [0.3, 0.4) is 0 Å². The molecule has 0 fully saturated rings. The molecule has 2 aromatic heterocycles. The predicted octanol–water partition coefficient (Wildman–Crippen LogP) is 3.16. The Hall–Kier alpha value is -3.10. The van der Waals surface area contributed by atoms with Crippen LogP contribution >= 0.6 is 0 Å². The van der Waals surface area contributed by atoms with Crippen molar-refractivity contribution in [2.24, 2.45) is 0 Å². The van der Waals surface area contributed by atoms with E-state index in [9.17, 15) is 0 Å². The third-order valence-corrected chi connectivity index (χ3v) is 12.3. The molecular formula is C34H22Cl2O2Zr. The number of hydrogen-bond acceptors (Lipinski definition) is 2. The molecule has 0 saturated carbocycles. The summed E-state index contributed by atoms with van der Waals surface area (Å²) < 4.78 is 13.6. The van der Waals surface area contributed by atoms with Crippen LogP contribution in [0, 0.1) is 0 Å². The van der Waals surface area contributed by atoms with Crippen molar-refractivity contribution in [1.29, 1.82) is 0 Å². The molecule has 188 valence electrons. The zero-order chi connectivity index (χ0) is 24.3. The molecule has 2 aliphatic carbocycles. The molecule has 2 atom stereocenters. The van der Waals surface area contributed by atoms with Crippen molar-refractivity contribution >= 4 is 45.2 Å². The van der Waals surface area contributed by atoms with Gasteiger partial charge >= 0.3 is 228 Å². The number of hydrogen-bond donors (Lipinski definition) is 0. The minimum atomic E-state index is -1.15. The fraction of sp³-hybridized carbons (Fsp3) is 0.0588. The molecule has 5 heteroatoms. The Kier molecular flexibility index (Phi) is 7.02. The van der Waals surface area contributed by atoms with Gasteiger partial charge in [0.2, 0.25) is 0 Å². The Morgan fingerprint density at radius 2 is 0.897 bits per heavy atom. The Morgan fingerprint density at radius 1 is 0.487 bits per heavy atom. The van der Waals surface area contributed by atoms with Crippen LogP contribution in [0.5, 0.6) is 0 Å². The van der Waals surface area contributed by atoms with E-state index in [1.54, 1.807) is 0 Å². The maximum atomic E-state index is 6.42. The van der Waals surface area contributed by atoms with Crippen LogP contribution in [0.2, 0.25) is 0 Å². The van der Waals surface area contributed by atoms with E-state index < -0.39 is 23.2 Å². The SMILES string of the molecule is C1=C(c2cc3ccccc3o2)[CH]([Zr+2][CH]2C(c3cc4ccccc4o3)=Cc3ccccc32)c2ccccc21.[Cl-].[Cl-]. The molecule has 6 aromatic rings. The first-order valence-electron chi connectivity index (χ1n) is 12.7. The van der Waals surface area contributed by atoms with E-state index in [4.69, 9.17) is 8.83 Å². The number of halogens is 2. The monoisotopic (exact) mass is 622 g/mol. The Balaban J connectivity index is 0.00000138. The van der Waals surface area contributed by atoms with Crippen molar-refractivity contribution in [3.05, 3.63) is 143 Å². The van der Waals surface area contributed by atoms with Gasteiger partial charge in [0.25, 0.3) is 0 Å². The summed E-state index contributed by atoms with van der Waals surface area (Å²) in [5, 5.41) is 2.32. The van der Waals surface area contributed by atoms with Gasteiger partial charge in [-0.2, -0.15) is 0 Å². The second kappa shape index (κ2) is 10.5. The summed E-state index contributed by atoms with van der Waals surface area (Å²) in [6.07, 6.45) is 4.73. The summed E-state index contributed by atoms with van der Waals surface area (Å²) in [6.45, 7) is 0. The molecule has 2 nitrogen and oxygen atoms in total. The van der Waals surface area contributed by atoms with Crippen molar-refractivity contribution in [3.63, 3.8) is 0 Å². The first kappa shape index (κ1) is 26.1. The van der Waals surface area contributed by atoms with E-state index in [-0.39, 0.29) is 24.8 Å². The predicted molar refractivity (Wildman–Crippen MR) is 147 cm³/mol. The maximum absolute atomic E-state index is 6.42. The molecule has 0 amide bonds. The first-order valence-corrected chi connectivity index (χ1v) is 15.5. The summed E-state index contributed by atoms with van der Waals surface area (Å²) in [7, 11) is 0. The van der Waals surface area contributed by atoms with Gasteiger partial charge in [-0.1, -0.05) is 0 Å². The number of allylic oxidation sites excluding steroid dienone is 2. The average molecular weight is 625 g/mol. The molecule has 0 N–H and O–H groups in total. The second-order valence-corrected chi connectivity index (χ2v) is 13.4. The Morgan fingerprint density at radius 3 is 1.36 bits per heavy atom. The van der Waals surface area contributed by atoms with E-state index >= 15 is 0 Å². The first-order chi connectivity index (χ1) is 18.3. The largest absolute Gasteiger partial charge is 1.00 e. The molecule has 4 aromatic carbocycles. The fourth-order valence-corrected chi connectivity index (χ4v) is 10.8. The van der Waals surface area contributed by atoms with Crippen LogP contribution in [0.1, 0.15) is 41.0 Å². The minimum Gasteiger partial charge on any atom is -1.00 e. The van der Waals surface area contributed by atoms with E-state index in [0.29, 0.717) is 7.25 Å². The third kappa shape index (κ3) is 4.38. The minimum absolute atomic E-state index is 0. The Labute approximate surface area is 250 Å². The van der Waals surface area contributed by atoms with E-state index in [2.05, 4.69) is 109 Å². The van der Waals surface area contributed by atoms with Crippen LogP contribution < -0.4 is 24.8 Å². The van der Waals surface area contributed by atoms with Crippen molar-refractivity contribution in [3.8, 4) is 0 Å². The molecule has 0 radical (unpaired) electrons. The molecule has 2 unspecified atom stereocenters. The number of rotatable bonds is 4. The molecule has 2 aliphatic rings. The summed E-state index contributed by atoms with van der Waals surface area (Å²) in [5.74, 6) is 2.01. The van der Waals surface area contributed by atoms with Crippen molar-refractivity contribution in [1.82, 2.24) is 0 Å². The zero-order valence-corrected chi connectivity index (χ0v) is 24.7. The quantitative estimate of drug-likeness (QED) is 0.302. The van der Waals surface area contributed by atoms with Gasteiger partial charge < -0.3 is 24.8 Å². The second-order valence-electron chi connectivity index (χ2n) is 9.79. The summed E-state index contributed by atoms with van der Waals surface area (Å²) in [5.41, 5.74) is 10.1. The number of para-hydroxylation sites is 2. The zero-order valence-electron chi connectivity index (χ0n) is 20.8. The smallest absolute Gasteiger partial charge is 1.00 e. The average Bonchev–Trinajstić information content (AvgIpc) is 3.71. The third-order valence-electron chi connectivity index (χ3n) is 7.61. The number of fused-ring (bicyclic) bond motifs is 4. The van der Waals surface area contributed by atoms with Gasteiger partial charge in [-0.25, -0.2) is 0 Å². The van der Waals surface area contributed by atoms with Gasteiger partial charge in [0.1, 0.15) is 0 Å². The summed E-state index contributed by atoms with van der Waals surface area (Å²) >= 11 is -1.15. The van der Waals surface area contributed by atoms with Crippen LogP contribution in [0.15, 0.2) is 118 Å². The molecule has 0 bridgehead atoms. The topological polar surface area (TPSA) is 26.3 Å². The summed E-state index contributed by atoms with van der Waals surface area (Å²) in [4.78, 5) is 0. The van der Waals surface area contributed by atoms with Crippen LogP contribution in [0.4, 0.5) is 0 Å². The van der Waals surface area contributed by atoms with Crippen LogP contribution in [-0.2, 0) is 23.2 Å². The van der Waals surface area contributed by atoms with Gasteiger partial charge in [0.15, 0.2) is 0 Å². The fourth-order valence-electron chi connectivity index (χ4n) is 5.85. The normalized spacial score (nSPS) is 17.0. The van der Waals surface area contributed by atoms with Crippen molar-refractivity contribution < 1.29 is 56.9 Å². The van der Waals surface area contributed by atoms with E-state index in [0.717, 1.165) is 33.5 Å². The molecule has 0 spiro atoms. The molecule has 2 heterocycles. The molecule has 0 aliphatic heterocycles. The van der Waals surface area contributed by atoms with E-state index in [1.807, 2.05) is 12.1 Å². The van der Waals surface area contributed by atoms with Gasteiger partial charge in [0, 0.05) is 0 Å². The van der Waals surface area contributed by atoms with Crippen molar-refractivity contribution in [2.75, 3.05) is 0 Å². The van der Waals surface area contributed by atoms with E-state index in [1.165, 1.54) is 33.4 Å². The Bertz CT molecular complexity index is 1690. The van der Waals surface area contributed by atoms with Crippen LogP contribution in [-0.4, -0.2) is 0 Å². The van der Waals surface area contributed by atoms with Gasteiger partial charge in [-0.15, -0.1) is 0 Å². The van der Waals surface area contributed by atoms with Gasteiger partial charge in [0.05, 0.1) is 0 Å². The molecular weight excluding hydrogens is 603 g/mol. The number of furan rings is 2. The standard InChI is InChI=1S/2C17H11O.2ClH.Zr/c2*1-2-6-13-10-15(9-12(13)5-1)17-11-14-7-3-4-8-16(14)18-17;;;/h2*1-11H;2*1H;/q;;;;+2/p-2. The molecule has 8 rings (SSSR count). The number of benzene rings is 4. The van der Waals surface area contributed by atoms with Gasteiger partial charge in [-0.05, 0) is 0 Å². The van der Waals surface area contributed by atoms with Crippen LogP contribution in [0.25, 0.3) is 45.2 Å². The van der Waals surface area contributed by atoms with Gasteiger partial charge in [-0.3, -0.25) is 0 Å². The molecule has 0 saturated heterocycles.